The molecule has 0 atom stereocenters. The molecule has 0 aromatic carbocycles. The van der Waals surface area contributed by atoms with E-state index >= 15 is 0 Å². The van der Waals surface area contributed by atoms with Crippen molar-refractivity contribution in [3.8, 4) is 0 Å². The summed E-state index contributed by atoms with van der Waals surface area (Å²) in [7, 11) is 0. The Balaban J connectivity index is 0.000000183. The lowest BCUT2D eigenvalue weighted by Gasteiger charge is -1.79. The molecule has 11 heavy (non-hydrogen) atoms. The average molecular weight is 156 g/mol. The molecular formula is C8H12O3. The fraction of sp³-hybridized carbons (Fsp3) is 0.375. The van der Waals surface area contributed by atoms with Gasteiger partial charge in [0.2, 0.25) is 0 Å². The Labute approximate surface area is 65.6 Å². The van der Waals surface area contributed by atoms with Gasteiger partial charge in [-0.1, -0.05) is 6.92 Å². The molecule has 3 nitrogen and oxygen atoms in total. The highest BCUT2D eigenvalue weighted by molar-refractivity contribution is 5.66. The van der Waals surface area contributed by atoms with Crippen molar-refractivity contribution in [2.45, 2.75) is 19.8 Å². The van der Waals surface area contributed by atoms with Gasteiger partial charge in [0.15, 0.2) is 0 Å². The van der Waals surface area contributed by atoms with E-state index in [1.807, 2.05) is 19.1 Å². The van der Waals surface area contributed by atoms with E-state index in [1.54, 1.807) is 12.5 Å². The third-order valence-corrected chi connectivity index (χ3v) is 0.889. The quantitative estimate of drug-likeness (QED) is 0.713. The molecule has 0 saturated carbocycles. The molecular weight excluding hydrogens is 144 g/mol. The summed E-state index contributed by atoms with van der Waals surface area (Å²) in [6.45, 7) is 1.84. The van der Waals surface area contributed by atoms with Crippen molar-refractivity contribution in [1.82, 2.24) is 0 Å². The van der Waals surface area contributed by atoms with E-state index in [2.05, 4.69) is 4.42 Å². The lowest BCUT2D eigenvalue weighted by Crippen LogP contribution is -1.90. The number of carboxylic acids is 1. The Bertz CT molecular complexity index is 150. The molecule has 62 valence electrons. The number of carboxylic acid groups (broad SMARTS) is 1. The SMILES string of the molecule is CCCC(=O)O.c1ccoc1. The number of rotatable bonds is 2. The highest BCUT2D eigenvalue weighted by Gasteiger charge is 1.87. The molecule has 0 radical (unpaired) electrons. The molecule has 0 unspecified atom stereocenters. The normalized spacial score (nSPS) is 8.09. The van der Waals surface area contributed by atoms with Crippen LogP contribution in [-0.2, 0) is 4.79 Å². The van der Waals surface area contributed by atoms with Crippen molar-refractivity contribution in [2.75, 3.05) is 0 Å². The molecule has 0 aliphatic heterocycles. The van der Waals surface area contributed by atoms with Crippen molar-refractivity contribution in [3.63, 3.8) is 0 Å². The van der Waals surface area contributed by atoms with Gasteiger partial charge in [-0.05, 0) is 18.6 Å². The van der Waals surface area contributed by atoms with Crippen LogP contribution in [0.3, 0.4) is 0 Å². The van der Waals surface area contributed by atoms with Gasteiger partial charge in [0.1, 0.15) is 0 Å². The maximum Gasteiger partial charge on any atom is 0.303 e. The zero-order valence-electron chi connectivity index (χ0n) is 6.49. The van der Waals surface area contributed by atoms with Gasteiger partial charge in [-0.15, -0.1) is 0 Å². The van der Waals surface area contributed by atoms with Crippen LogP contribution in [0.1, 0.15) is 19.8 Å². The Morgan fingerprint density at radius 2 is 2.00 bits per heavy atom. The minimum atomic E-state index is -0.711. The maximum absolute atomic E-state index is 9.60. The smallest absolute Gasteiger partial charge is 0.303 e. The van der Waals surface area contributed by atoms with Gasteiger partial charge in [-0.2, -0.15) is 0 Å². The molecule has 0 spiro atoms. The van der Waals surface area contributed by atoms with Gasteiger partial charge in [-0.3, -0.25) is 4.79 Å². The van der Waals surface area contributed by atoms with E-state index in [0.29, 0.717) is 6.42 Å². The number of hydrogen-bond donors (Lipinski definition) is 1. The van der Waals surface area contributed by atoms with Crippen LogP contribution in [0.15, 0.2) is 29.1 Å². The number of hydrogen-bond acceptors (Lipinski definition) is 2. The minimum absolute atomic E-state index is 0.292. The second-order valence-corrected chi connectivity index (χ2v) is 1.94. The predicted molar refractivity (Wildman–Crippen MR) is 41.3 cm³/mol. The summed E-state index contributed by atoms with van der Waals surface area (Å²) < 4.78 is 4.58. The monoisotopic (exact) mass is 156 g/mol. The van der Waals surface area contributed by atoms with Gasteiger partial charge in [0.25, 0.3) is 0 Å². The van der Waals surface area contributed by atoms with Crippen molar-refractivity contribution in [2.24, 2.45) is 0 Å². The van der Waals surface area contributed by atoms with Crippen LogP contribution in [-0.4, -0.2) is 11.1 Å². The molecule has 1 aromatic heterocycles. The van der Waals surface area contributed by atoms with E-state index in [1.165, 1.54) is 0 Å². The lowest BCUT2D eigenvalue weighted by atomic mass is 10.4. The predicted octanol–water partition coefficient (Wildman–Crippen LogP) is 2.15. The van der Waals surface area contributed by atoms with Crippen LogP contribution in [0.5, 0.6) is 0 Å². The molecule has 1 rings (SSSR count). The number of furan rings is 1. The molecule has 3 heteroatoms. The van der Waals surface area contributed by atoms with E-state index in [4.69, 9.17) is 5.11 Å². The molecule has 0 bridgehead atoms. The summed E-state index contributed by atoms with van der Waals surface area (Å²) in [6.07, 6.45) is 4.27. The van der Waals surface area contributed by atoms with E-state index in [9.17, 15) is 4.79 Å². The number of aliphatic carboxylic acids is 1. The van der Waals surface area contributed by atoms with E-state index in [0.717, 1.165) is 6.42 Å². The van der Waals surface area contributed by atoms with Gasteiger partial charge in [-0.25, -0.2) is 0 Å². The summed E-state index contributed by atoms with van der Waals surface area (Å²) in [4.78, 5) is 9.60. The van der Waals surface area contributed by atoms with E-state index < -0.39 is 5.97 Å². The first-order valence-electron chi connectivity index (χ1n) is 3.46. The zero-order chi connectivity index (χ0) is 8.53. The van der Waals surface area contributed by atoms with Crippen LogP contribution in [0.4, 0.5) is 0 Å². The lowest BCUT2D eigenvalue weighted by molar-refractivity contribution is -0.137. The van der Waals surface area contributed by atoms with Crippen molar-refractivity contribution in [3.05, 3.63) is 24.7 Å². The Kier molecular flexibility index (Phi) is 6.08. The molecule has 1 N–H and O–H groups in total. The Morgan fingerprint density at radius 1 is 1.45 bits per heavy atom. The molecule has 0 saturated heterocycles. The third-order valence-electron chi connectivity index (χ3n) is 0.889. The third kappa shape index (κ3) is 8.75. The van der Waals surface area contributed by atoms with Gasteiger partial charge in [0.05, 0.1) is 12.5 Å². The summed E-state index contributed by atoms with van der Waals surface area (Å²) in [5, 5.41) is 7.91. The van der Waals surface area contributed by atoms with Crippen molar-refractivity contribution < 1.29 is 14.3 Å². The highest BCUT2D eigenvalue weighted by Crippen LogP contribution is 1.82. The van der Waals surface area contributed by atoms with E-state index in [-0.39, 0.29) is 0 Å². The molecule has 0 aliphatic carbocycles. The Hall–Kier alpha value is -1.25. The molecule has 0 amide bonds. The first-order chi connectivity index (χ1) is 5.27. The van der Waals surface area contributed by atoms with Crippen LogP contribution >= 0.6 is 0 Å². The first kappa shape index (κ1) is 9.75. The largest absolute Gasteiger partial charge is 0.481 e. The minimum Gasteiger partial charge on any atom is -0.481 e. The molecule has 1 heterocycles. The summed E-state index contributed by atoms with van der Waals surface area (Å²) in [5.41, 5.74) is 0. The molecule has 1 aromatic rings. The first-order valence-corrected chi connectivity index (χ1v) is 3.46. The average Bonchev–Trinajstić information content (AvgIpc) is 2.41. The van der Waals surface area contributed by atoms with Gasteiger partial charge < -0.3 is 9.52 Å². The van der Waals surface area contributed by atoms with Crippen LogP contribution in [0.25, 0.3) is 0 Å². The van der Waals surface area contributed by atoms with Crippen LogP contribution < -0.4 is 0 Å². The standard InChI is InChI=1S/C4H8O2.C4H4O/c1-2-3-4(5)6;1-2-4-5-3-1/h2-3H2,1H3,(H,5,6);1-4H. The second kappa shape index (κ2) is 6.86. The summed E-state index contributed by atoms with van der Waals surface area (Å²) >= 11 is 0. The summed E-state index contributed by atoms with van der Waals surface area (Å²) in [6, 6.07) is 3.67. The topological polar surface area (TPSA) is 50.4 Å². The highest BCUT2D eigenvalue weighted by atomic mass is 16.4. The molecule has 0 aliphatic rings. The van der Waals surface area contributed by atoms with Crippen molar-refractivity contribution in [1.29, 1.82) is 0 Å². The maximum atomic E-state index is 9.60. The van der Waals surface area contributed by atoms with Crippen molar-refractivity contribution >= 4 is 5.97 Å². The van der Waals surface area contributed by atoms with Gasteiger partial charge >= 0.3 is 5.97 Å². The fourth-order valence-corrected chi connectivity index (χ4v) is 0.441. The van der Waals surface area contributed by atoms with Crippen LogP contribution in [0.2, 0.25) is 0 Å². The second-order valence-electron chi connectivity index (χ2n) is 1.94. The Morgan fingerprint density at radius 3 is 2.09 bits per heavy atom. The fourth-order valence-electron chi connectivity index (χ4n) is 0.441. The molecule has 0 fully saturated rings. The van der Waals surface area contributed by atoms with Gasteiger partial charge in [0, 0.05) is 6.42 Å². The van der Waals surface area contributed by atoms with Crippen LogP contribution in [0, 0.1) is 0 Å². The number of carbonyl (C=O) groups is 1. The zero-order valence-corrected chi connectivity index (χ0v) is 6.49. The summed E-state index contributed by atoms with van der Waals surface area (Å²) in [5.74, 6) is -0.711.